The van der Waals surface area contributed by atoms with Crippen LogP contribution in [-0.2, 0) is 16.0 Å². The van der Waals surface area contributed by atoms with Crippen LogP contribution in [0, 0.1) is 6.92 Å². The number of esters is 1. The molecule has 1 aromatic heterocycles. The summed E-state index contributed by atoms with van der Waals surface area (Å²) >= 11 is 0. The van der Waals surface area contributed by atoms with Crippen molar-refractivity contribution in [2.75, 3.05) is 26.2 Å². The normalized spacial score (nSPS) is 14.5. The maximum Gasteiger partial charge on any atom is 0.305 e. The van der Waals surface area contributed by atoms with E-state index in [1.165, 1.54) is 16.7 Å². The molecule has 0 spiro atoms. The van der Waals surface area contributed by atoms with Gasteiger partial charge in [-0.1, -0.05) is 25.1 Å². The molecular formula is C33H43N3O3. The van der Waals surface area contributed by atoms with E-state index in [1.807, 2.05) is 45.3 Å². The number of nitrogens with zero attached hydrogens (tertiary/aromatic N) is 3. The Kier molecular flexibility index (Phi) is 10.1. The molecule has 2 aromatic carbocycles. The summed E-state index contributed by atoms with van der Waals surface area (Å²) in [6, 6.07) is 12.8. The fraction of sp³-hybridized carbons (Fsp3) is 0.485. The SMILES string of the molecule is CCOC(=O)CCCN1CCC(c2cccc(-c3cnc(-c4ccc(OC(C)C)c(C)c4)nc3)c2CC)CC1. The first kappa shape index (κ1) is 28.8. The van der Waals surface area contributed by atoms with Crippen molar-refractivity contribution in [3.63, 3.8) is 0 Å². The lowest BCUT2D eigenvalue weighted by Gasteiger charge is -2.33. The van der Waals surface area contributed by atoms with Gasteiger partial charge in [0.05, 0.1) is 12.7 Å². The fourth-order valence-corrected chi connectivity index (χ4v) is 5.59. The lowest BCUT2D eigenvalue weighted by atomic mass is 9.83. The van der Waals surface area contributed by atoms with Crippen molar-refractivity contribution < 1.29 is 14.3 Å². The lowest BCUT2D eigenvalue weighted by molar-refractivity contribution is -0.143. The molecule has 208 valence electrons. The van der Waals surface area contributed by atoms with Gasteiger partial charge in [-0.25, -0.2) is 9.97 Å². The summed E-state index contributed by atoms with van der Waals surface area (Å²) in [5, 5.41) is 0. The number of rotatable bonds is 11. The van der Waals surface area contributed by atoms with E-state index in [4.69, 9.17) is 19.4 Å². The number of carbonyl (C=O) groups is 1. The van der Waals surface area contributed by atoms with Crippen molar-refractivity contribution in [2.45, 2.75) is 78.7 Å². The predicted octanol–water partition coefficient (Wildman–Crippen LogP) is 6.99. The van der Waals surface area contributed by atoms with Crippen LogP contribution in [0.2, 0.25) is 0 Å². The second kappa shape index (κ2) is 13.7. The summed E-state index contributed by atoms with van der Waals surface area (Å²) in [4.78, 5) is 23.6. The molecule has 1 fully saturated rings. The Morgan fingerprint density at radius 1 is 1.05 bits per heavy atom. The lowest BCUT2D eigenvalue weighted by Crippen LogP contribution is -2.34. The van der Waals surface area contributed by atoms with E-state index < -0.39 is 0 Å². The summed E-state index contributed by atoms with van der Waals surface area (Å²) in [6.07, 6.45) is 8.69. The van der Waals surface area contributed by atoms with E-state index in [-0.39, 0.29) is 12.1 Å². The summed E-state index contributed by atoms with van der Waals surface area (Å²) in [6.45, 7) is 13.8. The Labute approximate surface area is 233 Å². The Balaban J connectivity index is 1.43. The third-order valence-electron chi connectivity index (χ3n) is 7.51. The van der Waals surface area contributed by atoms with Crippen LogP contribution in [-0.4, -0.2) is 53.2 Å². The maximum absolute atomic E-state index is 11.6. The van der Waals surface area contributed by atoms with Crippen molar-refractivity contribution in [1.29, 1.82) is 0 Å². The van der Waals surface area contributed by atoms with Gasteiger partial charge in [-0.15, -0.1) is 0 Å². The molecule has 0 N–H and O–H groups in total. The van der Waals surface area contributed by atoms with Crippen molar-refractivity contribution >= 4 is 5.97 Å². The number of benzene rings is 2. The highest BCUT2D eigenvalue weighted by atomic mass is 16.5. The molecule has 0 bridgehead atoms. The van der Waals surface area contributed by atoms with E-state index in [0.29, 0.717) is 18.9 Å². The molecule has 0 radical (unpaired) electrons. The van der Waals surface area contributed by atoms with Gasteiger partial charge >= 0.3 is 5.97 Å². The van der Waals surface area contributed by atoms with E-state index in [1.54, 1.807) is 0 Å². The van der Waals surface area contributed by atoms with Gasteiger partial charge in [-0.2, -0.15) is 0 Å². The van der Waals surface area contributed by atoms with E-state index >= 15 is 0 Å². The number of ether oxygens (including phenoxy) is 2. The molecule has 1 aliphatic heterocycles. The molecule has 0 atom stereocenters. The summed E-state index contributed by atoms with van der Waals surface area (Å²) in [5.41, 5.74) is 7.23. The molecule has 0 unspecified atom stereocenters. The van der Waals surface area contributed by atoms with Crippen LogP contribution in [0.25, 0.3) is 22.5 Å². The van der Waals surface area contributed by atoms with Crippen LogP contribution in [0.5, 0.6) is 5.75 Å². The maximum atomic E-state index is 11.6. The smallest absolute Gasteiger partial charge is 0.305 e. The number of aryl methyl sites for hydroxylation is 1. The zero-order valence-corrected chi connectivity index (χ0v) is 24.2. The van der Waals surface area contributed by atoms with Gasteiger partial charge in [0.2, 0.25) is 0 Å². The second-order valence-electron chi connectivity index (χ2n) is 10.7. The minimum absolute atomic E-state index is 0.0851. The fourth-order valence-electron chi connectivity index (χ4n) is 5.59. The number of hydrogen-bond donors (Lipinski definition) is 0. The second-order valence-corrected chi connectivity index (χ2v) is 10.7. The number of aromatic nitrogens is 2. The minimum atomic E-state index is -0.0851. The number of piperidine rings is 1. The highest BCUT2D eigenvalue weighted by Crippen LogP contribution is 2.36. The van der Waals surface area contributed by atoms with Gasteiger partial charge in [-0.05, 0) is 119 Å². The first-order chi connectivity index (χ1) is 18.9. The molecule has 3 aromatic rings. The molecule has 0 aliphatic carbocycles. The van der Waals surface area contributed by atoms with Gasteiger partial charge < -0.3 is 14.4 Å². The third kappa shape index (κ3) is 7.45. The van der Waals surface area contributed by atoms with E-state index in [9.17, 15) is 4.79 Å². The van der Waals surface area contributed by atoms with Crippen LogP contribution < -0.4 is 4.74 Å². The van der Waals surface area contributed by atoms with Crippen LogP contribution in [0.1, 0.15) is 76.0 Å². The standard InChI is InChI=1S/C33H43N3O3/c1-6-28-29(25-15-18-36(19-16-25)17-9-12-32(37)38-7-2)10-8-11-30(28)27-21-34-33(35-22-27)26-13-14-31(24(5)20-26)39-23(3)4/h8,10-11,13-14,20-23,25H,6-7,9,12,15-19H2,1-5H3. The molecule has 4 rings (SSSR count). The molecule has 6 nitrogen and oxygen atoms in total. The molecular weight excluding hydrogens is 486 g/mol. The average molecular weight is 530 g/mol. The third-order valence-corrected chi connectivity index (χ3v) is 7.51. The summed E-state index contributed by atoms with van der Waals surface area (Å²) in [7, 11) is 0. The number of likely N-dealkylation sites (tertiary alicyclic amines) is 1. The molecule has 6 heteroatoms. The molecule has 0 amide bonds. The monoisotopic (exact) mass is 529 g/mol. The zero-order valence-electron chi connectivity index (χ0n) is 24.2. The van der Waals surface area contributed by atoms with Crippen molar-refractivity contribution in [3.8, 4) is 28.3 Å². The largest absolute Gasteiger partial charge is 0.491 e. The topological polar surface area (TPSA) is 64.5 Å². The minimum Gasteiger partial charge on any atom is -0.491 e. The predicted molar refractivity (Wildman–Crippen MR) is 157 cm³/mol. The van der Waals surface area contributed by atoms with Crippen molar-refractivity contribution in [3.05, 3.63) is 65.5 Å². The molecule has 1 aliphatic rings. The Hall–Kier alpha value is -3.25. The number of carbonyl (C=O) groups excluding carboxylic acids is 1. The summed E-state index contributed by atoms with van der Waals surface area (Å²) in [5.74, 6) is 2.09. The van der Waals surface area contributed by atoms with E-state index in [2.05, 4.69) is 43.0 Å². The highest BCUT2D eigenvalue weighted by molar-refractivity contribution is 5.70. The highest BCUT2D eigenvalue weighted by Gasteiger charge is 2.23. The zero-order chi connectivity index (χ0) is 27.8. The Morgan fingerprint density at radius 2 is 1.79 bits per heavy atom. The summed E-state index contributed by atoms with van der Waals surface area (Å²) < 4.78 is 10.9. The molecule has 0 saturated carbocycles. The van der Waals surface area contributed by atoms with Crippen LogP contribution >= 0.6 is 0 Å². The molecule has 2 heterocycles. The van der Waals surface area contributed by atoms with Gasteiger partial charge in [0, 0.05) is 29.9 Å². The van der Waals surface area contributed by atoms with Crippen LogP contribution in [0.4, 0.5) is 0 Å². The van der Waals surface area contributed by atoms with Crippen molar-refractivity contribution in [1.82, 2.24) is 14.9 Å². The Morgan fingerprint density at radius 3 is 2.44 bits per heavy atom. The number of hydrogen-bond acceptors (Lipinski definition) is 6. The first-order valence-corrected chi connectivity index (χ1v) is 14.5. The quantitative estimate of drug-likeness (QED) is 0.249. The first-order valence-electron chi connectivity index (χ1n) is 14.5. The van der Waals surface area contributed by atoms with Gasteiger partial charge in [0.25, 0.3) is 0 Å². The van der Waals surface area contributed by atoms with E-state index in [0.717, 1.165) is 73.6 Å². The average Bonchev–Trinajstić information content (AvgIpc) is 2.94. The van der Waals surface area contributed by atoms with Crippen LogP contribution in [0.15, 0.2) is 48.8 Å². The van der Waals surface area contributed by atoms with Crippen molar-refractivity contribution in [2.24, 2.45) is 0 Å². The van der Waals surface area contributed by atoms with Gasteiger partial charge in [0.1, 0.15) is 5.75 Å². The molecule has 1 saturated heterocycles. The van der Waals surface area contributed by atoms with Gasteiger partial charge in [-0.3, -0.25) is 4.79 Å². The Bertz CT molecular complexity index is 1230. The molecule has 39 heavy (non-hydrogen) atoms. The van der Waals surface area contributed by atoms with Gasteiger partial charge in [0.15, 0.2) is 5.82 Å². The van der Waals surface area contributed by atoms with Crippen LogP contribution in [0.3, 0.4) is 0 Å².